The molecule has 20 heavy (non-hydrogen) atoms. The van der Waals surface area contributed by atoms with Crippen molar-refractivity contribution in [3.05, 3.63) is 12.2 Å². The monoisotopic (exact) mass is 412 g/mol. The van der Waals surface area contributed by atoms with Gasteiger partial charge in [0.1, 0.15) is 12.9 Å². The average molecular weight is 412 g/mol. The van der Waals surface area contributed by atoms with Crippen molar-refractivity contribution in [3.63, 3.8) is 0 Å². The Kier molecular flexibility index (Phi) is 9.19. The lowest BCUT2D eigenvalue weighted by Gasteiger charge is -2.23. The van der Waals surface area contributed by atoms with E-state index in [0.29, 0.717) is 6.54 Å². The van der Waals surface area contributed by atoms with E-state index in [9.17, 15) is 0 Å². The maximum absolute atomic E-state index is 4.52. The Bertz CT molecular complexity index is 418. The van der Waals surface area contributed by atoms with E-state index in [-0.39, 0.29) is 28.7 Å². The first-order valence-corrected chi connectivity index (χ1v) is 7.61. The molecule has 0 bridgehead atoms. The maximum Gasteiger partial charge on any atom is 0.191 e. The molecule has 116 valence electrons. The van der Waals surface area contributed by atoms with Crippen LogP contribution in [0, 0.1) is 0 Å². The molecule has 1 rings (SSSR count). The molecule has 0 aromatic carbocycles. The number of thioether (sulfide) groups is 1. The van der Waals surface area contributed by atoms with Crippen molar-refractivity contribution in [2.75, 3.05) is 19.3 Å². The first kappa shape index (κ1) is 19.5. The summed E-state index contributed by atoms with van der Waals surface area (Å²) in [6, 6.07) is 0. The fourth-order valence-electron chi connectivity index (χ4n) is 1.31. The summed E-state index contributed by atoms with van der Waals surface area (Å²) >= 11 is 1.83. The van der Waals surface area contributed by atoms with Crippen LogP contribution in [-0.2, 0) is 13.6 Å². The molecule has 0 aliphatic carbocycles. The summed E-state index contributed by atoms with van der Waals surface area (Å²) in [4.78, 5) is 4.52. The second-order valence-corrected chi connectivity index (χ2v) is 6.38. The van der Waals surface area contributed by atoms with Crippen molar-refractivity contribution in [2.45, 2.75) is 32.1 Å². The first-order chi connectivity index (χ1) is 8.98. The van der Waals surface area contributed by atoms with Gasteiger partial charge in [-0.25, -0.2) is 4.99 Å². The Labute approximate surface area is 142 Å². The van der Waals surface area contributed by atoms with Gasteiger partial charge in [0, 0.05) is 24.9 Å². The normalized spacial score (nSPS) is 11.9. The molecule has 0 spiro atoms. The zero-order valence-electron chi connectivity index (χ0n) is 12.8. The number of hydrogen-bond acceptors (Lipinski definition) is 4. The fourth-order valence-corrected chi connectivity index (χ4v) is 1.53. The molecule has 1 heterocycles. The van der Waals surface area contributed by atoms with Crippen LogP contribution in [0.4, 0.5) is 0 Å². The first-order valence-electron chi connectivity index (χ1n) is 6.38. The van der Waals surface area contributed by atoms with Crippen molar-refractivity contribution in [2.24, 2.45) is 12.0 Å². The van der Waals surface area contributed by atoms with E-state index < -0.39 is 0 Å². The van der Waals surface area contributed by atoms with Crippen molar-refractivity contribution < 1.29 is 0 Å². The van der Waals surface area contributed by atoms with Gasteiger partial charge in [0.2, 0.25) is 0 Å². The lowest BCUT2D eigenvalue weighted by molar-refractivity contribution is 0.663. The van der Waals surface area contributed by atoms with E-state index in [1.54, 1.807) is 6.33 Å². The number of aryl methyl sites for hydroxylation is 1. The molecule has 8 heteroatoms. The highest BCUT2D eigenvalue weighted by molar-refractivity contribution is 14.0. The molecule has 0 aliphatic rings. The van der Waals surface area contributed by atoms with E-state index in [0.717, 1.165) is 24.9 Å². The molecule has 0 amide bonds. The minimum Gasteiger partial charge on any atom is -0.357 e. The molecule has 0 atom stereocenters. The fraction of sp³-hybridized carbons (Fsp3) is 0.750. The smallest absolute Gasteiger partial charge is 0.191 e. The Balaban J connectivity index is 0.00000361. The molecule has 1 aromatic heterocycles. The van der Waals surface area contributed by atoms with Crippen molar-refractivity contribution in [1.82, 2.24) is 25.4 Å². The Morgan fingerprint density at radius 1 is 1.45 bits per heavy atom. The van der Waals surface area contributed by atoms with E-state index in [1.165, 1.54) is 0 Å². The topological polar surface area (TPSA) is 67.1 Å². The molecular formula is C12H25IN6S. The van der Waals surface area contributed by atoms with E-state index in [1.807, 2.05) is 23.4 Å². The van der Waals surface area contributed by atoms with Crippen LogP contribution in [0.2, 0.25) is 0 Å². The van der Waals surface area contributed by atoms with E-state index in [4.69, 9.17) is 0 Å². The summed E-state index contributed by atoms with van der Waals surface area (Å²) in [5, 5.41) is 14.5. The minimum atomic E-state index is 0. The Morgan fingerprint density at radius 2 is 2.15 bits per heavy atom. The number of aliphatic imine (C=N–C) groups is 1. The van der Waals surface area contributed by atoms with Crippen LogP contribution >= 0.6 is 35.7 Å². The van der Waals surface area contributed by atoms with Crippen LogP contribution in [0.5, 0.6) is 0 Å². The van der Waals surface area contributed by atoms with Crippen molar-refractivity contribution in [3.8, 4) is 0 Å². The van der Waals surface area contributed by atoms with Crippen molar-refractivity contribution >= 4 is 41.7 Å². The van der Waals surface area contributed by atoms with Crippen molar-refractivity contribution in [1.29, 1.82) is 0 Å². The molecular weight excluding hydrogens is 387 g/mol. The molecule has 0 saturated carbocycles. The summed E-state index contributed by atoms with van der Waals surface area (Å²) in [6.07, 6.45) is 3.80. The van der Waals surface area contributed by atoms with Crippen LogP contribution in [0.1, 0.15) is 26.6 Å². The molecule has 2 N–H and O–H groups in total. The highest BCUT2D eigenvalue weighted by Gasteiger charge is 2.16. The van der Waals surface area contributed by atoms with Gasteiger partial charge in [0.15, 0.2) is 11.8 Å². The number of guanidine groups is 1. The molecule has 0 fully saturated rings. The molecule has 0 radical (unpaired) electrons. The summed E-state index contributed by atoms with van der Waals surface area (Å²) in [5.41, 5.74) is 0. The van der Waals surface area contributed by atoms with Gasteiger partial charge in [0.25, 0.3) is 0 Å². The largest absolute Gasteiger partial charge is 0.357 e. The Hall–Kier alpha value is -0.510. The van der Waals surface area contributed by atoms with Gasteiger partial charge in [-0.3, -0.25) is 0 Å². The van der Waals surface area contributed by atoms with Crippen LogP contribution in [0.15, 0.2) is 11.3 Å². The maximum atomic E-state index is 4.52. The second-order valence-electron chi connectivity index (χ2n) is 4.87. The molecule has 0 aliphatic heterocycles. The molecule has 0 unspecified atom stereocenters. The van der Waals surface area contributed by atoms with Gasteiger partial charge in [-0.15, -0.1) is 34.2 Å². The van der Waals surface area contributed by atoms with E-state index in [2.05, 4.69) is 52.9 Å². The zero-order valence-corrected chi connectivity index (χ0v) is 16.0. The van der Waals surface area contributed by atoms with Crippen LogP contribution in [0.3, 0.4) is 0 Å². The van der Waals surface area contributed by atoms with Gasteiger partial charge in [-0.05, 0) is 27.0 Å². The Morgan fingerprint density at radius 3 is 2.65 bits per heavy atom. The third kappa shape index (κ3) is 6.78. The minimum absolute atomic E-state index is 0. The highest BCUT2D eigenvalue weighted by atomic mass is 127. The SMILES string of the molecule is CCNC(=NCc1nncn1C)NCC(C)(C)SC.I. The third-order valence-corrected chi connectivity index (χ3v) is 4.01. The average Bonchev–Trinajstić information content (AvgIpc) is 2.78. The quantitative estimate of drug-likeness (QED) is 0.423. The summed E-state index contributed by atoms with van der Waals surface area (Å²) < 4.78 is 2.06. The molecule has 1 aromatic rings. The summed E-state index contributed by atoms with van der Waals surface area (Å²) in [7, 11) is 1.92. The number of nitrogens with zero attached hydrogens (tertiary/aromatic N) is 4. The number of halogens is 1. The standard InChI is InChI=1S/C12H24N6S.HI/c1-6-13-11(15-8-12(2,3)19-5)14-7-10-17-16-9-18(10)4;/h9H,6-8H2,1-5H3,(H2,13,14,15);1H. The zero-order chi connectivity index (χ0) is 14.3. The summed E-state index contributed by atoms with van der Waals surface area (Å²) in [5.74, 6) is 1.66. The van der Waals surface area contributed by atoms with Gasteiger partial charge in [-0.1, -0.05) is 0 Å². The number of rotatable bonds is 6. The summed E-state index contributed by atoms with van der Waals surface area (Å²) in [6.45, 7) is 8.68. The lowest BCUT2D eigenvalue weighted by atomic mass is 10.2. The number of hydrogen-bond donors (Lipinski definition) is 2. The molecule has 0 saturated heterocycles. The highest BCUT2D eigenvalue weighted by Crippen LogP contribution is 2.19. The van der Waals surface area contributed by atoms with Crippen LogP contribution < -0.4 is 10.6 Å². The predicted molar refractivity (Wildman–Crippen MR) is 96.8 cm³/mol. The van der Waals surface area contributed by atoms with Crippen LogP contribution in [-0.4, -0.2) is 44.8 Å². The predicted octanol–water partition coefficient (Wildman–Crippen LogP) is 1.63. The third-order valence-electron chi connectivity index (χ3n) is 2.76. The molecule has 6 nitrogen and oxygen atoms in total. The van der Waals surface area contributed by atoms with Gasteiger partial charge >= 0.3 is 0 Å². The number of aromatic nitrogens is 3. The van der Waals surface area contributed by atoms with Crippen LogP contribution in [0.25, 0.3) is 0 Å². The number of nitrogens with one attached hydrogen (secondary N) is 2. The second kappa shape index (κ2) is 9.43. The van der Waals surface area contributed by atoms with Gasteiger partial charge in [0.05, 0.1) is 0 Å². The van der Waals surface area contributed by atoms with Gasteiger partial charge in [-0.2, -0.15) is 11.8 Å². The lowest BCUT2D eigenvalue weighted by Crippen LogP contribution is -2.43. The van der Waals surface area contributed by atoms with E-state index >= 15 is 0 Å². The van der Waals surface area contributed by atoms with Gasteiger partial charge < -0.3 is 15.2 Å².